The van der Waals surface area contributed by atoms with E-state index in [1.54, 1.807) is 17.1 Å². The Balaban J connectivity index is 1.50. The average Bonchev–Trinajstić information content (AvgIpc) is 3.24. The standard InChI is InChI=1S/C23H22N6O/c30-14-11-19-7-9-23(10-8-19)29-18-22(26-27-29)17-28(15-20-5-1-3-12-24-20)16-21-6-2-4-13-25-21/h1-10,12-14,18H,11,15-17H2. The van der Waals surface area contributed by atoms with E-state index in [1.165, 1.54) is 0 Å². The molecule has 0 bridgehead atoms. The van der Waals surface area contributed by atoms with Crippen LogP contribution < -0.4 is 0 Å². The molecule has 4 rings (SSSR count). The van der Waals surface area contributed by atoms with E-state index in [4.69, 9.17) is 0 Å². The summed E-state index contributed by atoms with van der Waals surface area (Å²) in [4.78, 5) is 21.8. The van der Waals surface area contributed by atoms with E-state index in [2.05, 4.69) is 25.2 Å². The van der Waals surface area contributed by atoms with E-state index < -0.39 is 0 Å². The van der Waals surface area contributed by atoms with Crippen molar-refractivity contribution in [3.05, 3.63) is 102 Å². The fourth-order valence-electron chi connectivity index (χ4n) is 3.22. The average molecular weight is 398 g/mol. The van der Waals surface area contributed by atoms with Gasteiger partial charge < -0.3 is 4.79 Å². The number of benzene rings is 1. The highest BCUT2D eigenvalue weighted by atomic mass is 16.1. The molecule has 0 amide bonds. The van der Waals surface area contributed by atoms with Gasteiger partial charge in [0.15, 0.2) is 0 Å². The van der Waals surface area contributed by atoms with E-state index in [0.717, 1.165) is 34.6 Å². The van der Waals surface area contributed by atoms with Crippen molar-refractivity contribution in [1.29, 1.82) is 0 Å². The monoisotopic (exact) mass is 398 g/mol. The number of nitrogens with zero attached hydrogens (tertiary/aromatic N) is 6. The summed E-state index contributed by atoms with van der Waals surface area (Å²) in [5.74, 6) is 0. The van der Waals surface area contributed by atoms with Gasteiger partial charge in [0.25, 0.3) is 0 Å². The lowest BCUT2D eigenvalue weighted by Crippen LogP contribution is -2.23. The van der Waals surface area contributed by atoms with Gasteiger partial charge in [0.1, 0.15) is 6.29 Å². The summed E-state index contributed by atoms with van der Waals surface area (Å²) >= 11 is 0. The molecule has 0 aliphatic rings. The molecule has 3 heterocycles. The molecule has 7 heteroatoms. The SMILES string of the molecule is O=CCc1ccc(-n2cc(CN(Cc3ccccn3)Cc3ccccn3)nn2)cc1. The predicted molar refractivity (Wildman–Crippen MR) is 113 cm³/mol. The van der Waals surface area contributed by atoms with Crippen LogP contribution in [-0.4, -0.2) is 36.1 Å². The first kappa shape index (κ1) is 19.6. The van der Waals surface area contributed by atoms with Crippen molar-refractivity contribution in [2.24, 2.45) is 0 Å². The maximum atomic E-state index is 10.7. The molecule has 3 aromatic heterocycles. The van der Waals surface area contributed by atoms with Crippen LogP contribution >= 0.6 is 0 Å². The highest BCUT2D eigenvalue weighted by molar-refractivity contribution is 5.55. The Morgan fingerprint density at radius 2 is 1.43 bits per heavy atom. The Kier molecular flexibility index (Phi) is 6.31. The van der Waals surface area contributed by atoms with Gasteiger partial charge in [0.05, 0.1) is 29.0 Å². The Hall–Kier alpha value is -3.71. The van der Waals surface area contributed by atoms with Crippen molar-refractivity contribution < 1.29 is 4.79 Å². The summed E-state index contributed by atoms with van der Waals surface area (Å²) in [5, 5.41) is 8.62. The Morgan fingerprint density at radius 1 is 0.800 bits per heavy atom. The van der Waals surface area contributed by atoms with Gasteiger partial charge >= 0.3 is 0 Å². The first-order valence-electron chi connectivity index (χ1n) is 9.76. The highest BCUT2D eigenvalue weighted by Crippen LogP contribution is 2.13. The summed E-state index contributed by atoms with van der Waals surface area (Å²) in [5.41, 5.74) is 4.73. The molecular formula is C23H22N6O. The van der Waals surface area contributed by atoms with Gasteiger partial charge in [-0.15, -0.1) is 5.10 Å². The third kappa shape index (κ3) is 5.21. The number of pyridine rings is 2. The normalized spacial score (nSPS) is 11.0. The summed E-state index contributed by atoms with van der Waals surface area (Å²) in [6, 6.07) is 19.6. The second-order valence-corrected chi connectivity index (χ2v) is 6.98. The fraction of sp³-hybridized carbons (Fsp3) is 0.174. The van der Waals surface area contributed by atoms with E-state index in [0.29, 0.717) is 26.1 Å². The largest absolute Gasteiger partial charge is 0.303 e. The van der Waals surface area contributed by atoms with Crippen LogP contribution in [0, 0.1) is 0 Å². The number of carbonyl (C=O) groups excluding carboxylic acids is 1. The van der Waals surface area contributed by atoms with Gasteiger partial charge in [-0.1, -0.05) is 29.5 Å². The topological polar surface area (TPSA) is 76.8 Å². The van der Waals surface area contributed by atoms with Gasteiger partial charge in [-0.3, -0.25) is 14.9 Å². The molecule has 0 N–H and O–H groups in total. The van der Waals surface area contributed by atoms with Crippen LogP contribution in [0.1, 0.15) is 22.6 Å². The second-order valence-electron chi connectivity index (χ2n) is 6.98. The van der Waals surface area contributed by atoms with Crippen molar-refractivity contribution in [1.82, 2.24) is 29.9 Å². The minimum atomic E-state index is 0.416. The zero-order valence-corrected chi connectivity index (χ0v) is 16.5. The van der Waals surface area contributed by atoms with Gasteiger partial charge in [-0.05, 0) is 42.0 Å². The number of rotatable bonds is 9. The minimum absolute atomic E-state index is 0.416. The summed E-state index contributed by atoms with van der Waals surface area (Å²) in [6.07, 6.45) is 6.86. The summed E-state index contributed by atoms with van der Waals surface area (Å²) < 4.78 is 1.75. The maximum absolute atomic E-state index is 10.7. The molecule has 0 fully saturated rings. The van der Waals surface area contributed by atoms with E-state index in [9.17, 15) is 4.79 Å². The zero-order chi connectivity index (χ0) is 20.6. The molecule has 0 aliphatic carbocycles. The molecule has 0 atom stereocenters. The molecule has 0 radical (unpaired) electrons. The Bertz CT molecular complexity index is 1020. The van der Waals surface area contributed by atoms with E-state index in [1.807, 2.05) is 66.9 Å². The van der Waals surface area contributed by atoms with Crippen molar-refractivity contribution in [2.45, 2.75) is 26.1 Å². The number of aromatic nitrogens is 5. The summed E-state index contributed by atoms with van der Waals surface area (Å²) in [7, 11) is 0. The molecule has 1 aromatic carbocycles. The lowest BCUT2D eigenvalue weighted by atomic mass is 10.1. The summed E-state index contributed by atoms with van der Waals surface area (Å²) in [6.45, 7) is 1.99. The molecule has 4 aromatic rings. The Morgan fingerprint density at radius 3 is 2.00 bits per heavy atom. The zero-order valence-electron chi connectivity index (χ0n) is 16.5. The van der Waals surface area contributed by atoms with Gasteiger partial charge in [0, 0.05) is 38.4 Å². The molecular weight excluding hydrogens is 376 g/mol. The smallest absolute Gasteiger partial charge is 0.124 e. The van der Waals surface area contributed by atoms with Crippen LogP contribution in [0.4, 0.5) is 0 Å². The van der Waals surface area contributed by atoms with Crippen molar-refractivity contribution in [2.75, 3.05) is 0 Å². The molecule has 150 valence electrons. The lowest BCUT2D eigenvalue weighted by molar-refractivity contribution is -0.107. The molecule has 0 spiro atoms. The molecule has 0 unspecified atom stereocenters. The van der Waals surface area contributed by atoms with E-state index >= 15 is 0 Å². The highest BCUT2D eigenvalue weighted by Gasteiger charge is 2.12. The van der Waals surface area contributed by atoms with E-state index in [-0.39, 0.29) is 0 Å². The fourth-order valence-corrected chi connectivity index (χ4v) is 3.22. The predicted octanol–water partition coefficient (Wildman–Crippen LogP) is 3.00. The van der Waals surface area contributed by atoms with Crippen molar-refractivity contribution >= 4 is 6.29 Å². The third-order valence-electron chi connectivity index (χ3n) is 4.67. The van der Waals surface area contributed by atoms with Crippen molar-refractivity contribution in [3.63, 3.8) is 0 Å². The first-order valence-corrected chi connectivity index (χ1v) is 9.76. The Labute approximate surface area is 175 Å². The number of hydrogen-bond acceptors (Lipinski definition) is 6. The van der Waals surface area contributed by atoms with Crippen molar-refractivity contribution in [3.8, 4) is 5.69 Å². The molecule has 0 saturated heterocycles. The number of aldehydes is 1. The lowest BCUT2D eigenvalue weighted by Gasteiger charge is -2.20. The number of hydrogen-bond donors (Lipinski definition) is 0. The van der Waals surface area contributed by atoms with Crippen LogP contribution in [0.25, 0.3) is 5.69 Å². The van der Waals surface area contributed by atoms with Crippen LogP contribution in [0.3, 0.4) is 0 Å². The number of carbonyl (C=O) groups is 1. The minimum Gasteiger partial charge on any atom is -0.303 e. The molecule has 30 heavy (non-hydrogen) atoms. The molecule has 7 nitrogen and oxygen atoms in total. The molecule has 0 saturated carbocycles. The maximum Gasteiger partial charge on any atom is 0.124 e. The quantitative estimate of drug-likeness (QED) is 0.404. The van der Waals surface area contributed by atoms with Crippen LogP contribution in [-0.2, 0) is 30.8 Å². The van der Waals surface area contributed by atoms with Crippen LogP contribution in [0.15, 0.2) is 79.3 Å². The van der Waals surface area contributed by atoms with Gasteiger partial charge in [0.2, 0.25) is 0 Å². The first-order chi connectivity index (χ1) is 14.8. The van der Waals surface area contributed by atoms with Gasteiger partial charge in [-0.25, -0.2) is 4.68 Å². The van der Waals surface area contributed by atoms with Crippen LogP contribution in [0.5, 0.6) is 0 Å². The van der Waals surface area contributed by atoms with Crippen LogP contribution in [0.2, 0.25) is 0 Å². The third-order valence-corrected chi connectivity index (χ3v) is 4.67. The second kappa shape index (κ2) is 9.67. The molecule has 0 aliphatic heterocycles. The van der Waals surface area contributed by atoms with Gasteiger partial charge in [-0.2, -0.15) is 0 Å².